The van der Waals surface area contributed by atoms with Crippen LogP contribution < -0.4 is 35.2 Å². The number of ether oxygens (including phenoxy) is 2. The number of aromatic nitrogens is 4. The Labute approximate surface area is 350 Å². The predicted octanol–water partition coefficient (Wildman–Crippen LogP) is 6.11. The molecule has 0 fully saturated rings. The first-order valence-corrected chi connectivity index (χ1v) is 20.2. The number of carbonyl (C=O) groups excluding carboxylic acids is 4. The third kappa shape index (κ3) is 8.90. The Morgan fingerprint density at radius 3 is 2.45 bits per heavy atom. The standard InChI is InChI=1S/C45H53N9O6/c1-45(2,27-46-3)17-16-36(55)35-20-30(24-51(35)4)29-14-15-39(47-23-29)50-43(57)42-49-40(26-53(42)6)48-41(56)13-10-18-60-38-22-34-32(21-37(38)59-7)44(58)54-31(25-52(34)5)19-28-11-8-9-12-33(28)54/h8-9,11-12,14-15,20-24,26,31,46H,10,13,16-19,25,27H2,1-7H3,(H,48,56)(H,47,50,57)/t31-/m0/s1. The summed E-state index contributed by atoms with van der Waals surface area (Å²) in [4.78, 5) is 65.8. The number of Topliss-reactive ketones (excluding diaryl/α,β-unsaturated/α-hetero) is 1. The normalized spacial score (nSPS) is 14.6. The van der Waals surface area contributed by atoms with Gasteiger partial charge in [0.2, 0.25) is 11.7 Å². The second-order valence-corrected chi connectivity index (χ2v) is 16.4. The lowest BCUT2D eigenvalue weighted by molar-refractivity contribution is -0.116. The highest BCUT2D eigenvalue weighted by molar-refractivity contribution is 6.12. The lowest BCUT2D eigenvalue weighted by atomic mass is 9.86. The van der Waals surface area contributed by atoms with Crippen molar-refractivity contribution in [3.05, 3.63) is 95.8 Å². The summed E-state index contributed by atoms with van der Waals surface area (Å²) >= 11 is 0. The Hall–Kier alpha value is -6.48. The number of nitrogens with one attached hydrogen (secondary N) is 3. The van der Waals surface area contributed by atoms with E-state index in [2.05, 4.69) is 50.7 Å². The number of anilines is 4. The molecular weight excluding hydrogens is 763 g/mol. The number of para-hydroxylation sites is 1. The number of pyridine rings is 1. The number of rotatable bonds is 16. The van der Waals surface area contributed by atoms with E-state index in [0.717, 1.165) is 41.9 Å². The number of methoxy groups -OCH3 is 1. The number of carbonyl (C=O) groups is 4. The van der Waals surface area contributed by atoms with Gasteiger partial charge in [-0.05, 0) is 74.2 Å². The monoisotopic (exact) mass is 815 g/mol. The van der Waals surface area contributed by atoms with E-state index < -0.39 is 5.91 Å². The van der Waals surface area contributed by atoms with Gasteiger partial charge in [0.25, 0.3) is 11.8 Å². The molecule has 3 aromatic heterocycles. The van der Waals surface area contributed by atoms with E-state index in [-0.39, 0.29) is 53.7 Å². The van der Waals surface area contributed by atoms with E-state index in [1.54, 1.807) is 31.6 Å². The van der Waals surface area contributed by atoms with Gasteiger partial charge in [-0.3, -0.25) is 19.2 Å². The van der Waals surface area contributed by atoms with Crippen LogP contribution in [0.25, 0.3) is 11.1 Å². The van der Waals surface area contributed by atoms with Crippen molar-refractivity contribution >= 4 is 46.5 Å². The van der Waals surface area contributed by atoms with Gasteiger partial charge >= 0.3 is 0 Å². The highest BCUT2D eigenvalue weighted by Crippen LogP contribution is 2.42. The van der Waals surface area contributed by atoms with Gasteiger partial charge in [-0.25, -0.2) is 9.97 Å². The summed E-state index contributed by atoms with van der Waals surface area (Å²) in [6.07, 6.45) is 7.67. The molecular formula is C45H53N9O6. The fourth-order valence-electron chi connectivity index (χ4n) is 8.05. The number of aryl methyl sites for hydroxylation is 2. The minimum absolute atomic E-state index is 0.0144. The van der Waals surface area contributed by atoms with E-state index in [9.17, 15) is 19.2 Å². The number of nitrogens with zero attached hydrogens (tertiary/aromatic N) is 6. The second kappa shape index (κ2) is 17.4. The van der Waals surface area contributed by atoms with Crippen molar-refractivity contribution in [2.45, 2.75) is 52.0 Å². The highest BCUT2D eigenvalue weighted by Gasteiger charge is 2.39. The van der Waals surface area contributed by atoms with Crippen LogP contribution in [0.1, 0.15) is 76.6 Å². The summed E-state index contributed by atoms with van der Waals surface area (Å²) in [5.41, 5.74) is 5.71. The van der Waals surface area contributed by atoms with Gasteiger partial charge in [-0.15, -0.1) is 0 Å². The van der Waals surface area contributed by atoms with Gasteiger partial charge in [0.05, 0.1) is 36.7 Å². The minimum Gasteiger partial charge on any atom is -0.493 e. The quantitative estimate of drug-likeness (QED) is 0.0782. The van der Waals surface area contributed by atoms with Crippen molar-refractivity contribution in [2.75, 3.05) is 61.3 Å². The number of hydrogen-bond acceptors (Lipinski definition) is 10. The molecule has 1 atom stereocenters. The van der Waals surface area contributed by atoms with Crippen molar-refractivity contribution in [3.63, 3.8) is 0 Å². The molecule has 0 saturated heterocycles. The number of ketones is 1. The maximum absolute atomic E-state index is 13.9. The fourth-order valence-corrected chi connectivity index (χ4v) is 8.05. The summed E-state index contributed by atoms with van der Waals surface area (Å²) in [5, 5.41) is 8.72. The molecule has 7 rings (SSSR count). The molecule has 314 valence electrons. The van der Waals surface area contributed by atoms with Gasteiger partial charge in [-0.2, -0.15) is 0 Å². The van der Waals surface area contributed by atoms with Crippen LogP contribution in [-0.2, 0) is 25.3 Å². The zero-order valence-electron chi connectivity index (χ0n) is 35.3. The SMILES string of the molecule is CNCC(C)(C)CCC(=O)c1cc(-c2ccc(NC(=O)c3nc(NC(=O)CCCOc4cc5c(cc4OC)C(=O)N4c6ccccc6C[C@H]4CN5C)cn3C)nc2)cn1C. The lowest BCUT2D eigenvalue weighted by Crippen LogP contribution is -2.41. The van der Waals surface area contributed by atoms with Crippen LogP contribution in [0.3, 0.4) is 0 Å². The number of imidazole rings is 1. The van der Waals surface area contributed by atoms with Crippen molar-refractivity contribution in [2.24, 2.45) is 19.5 Å². The molecule has 0 saturated carbocycles. The van der Waals surface area contributed by atoms with Crippen LogP contribution in [0.2, 0.25) is 0 Å². The number of hydrogen-bond donors (Lipinski definition) is 3. The third-order valence-electron chi connectivity index (χ3n) is 11.2. The van der Waals surface area contributed by atoms with Crippen molar-refractivity contribution in [1.82, 2.24) is 24.4 Å². The molecule has 2 aliphatic rings. The molecule has 15 heteroatoms. The molecule has 0 bridgehead atoms. The molecule has 5 heterocycles. The van der Waals surface area contributed by atoms with Gasteiger partial charge in [0, 0.05) is 82.0 Å². The number of likely N-dealkylation sites (N-methyl/N-ethyl adjacent to an activating group) is 1. The number of amides is 3. The molecule has 2 aromatic carbocycles. The first kappa shape index (κ1) is 41.7. The molecule has 0 aliphatic carbocycles. The van der Waals surface area contributed by atoms with Crippen molar-refractivity contribution in [3.8, 4) is 22.6 Å². The van der Waals surface area contributed by atoms with Gasteiger partial charge < -0.3 is 44.4 Å². The van der Waals surface area contributed by atoms with Crippen LogP contribution >= 0.6 is 0 Å². The summed E-state index contributed by atoms with van der Waals surface area (Å²) in [5.74, 6) is 0.806. The smallest absolute Gasteiger partial charge is 0.292 e. The van der Waals surface area contributed by atoms with E-state index in [1.165, 1.54) is 17.2 Å². The van der Waals surface area contributed by atoms with E-state index in [4.69, 9.17) is 9.47 Å². The van der Waals surface area contributed by atoms with Gasteiger partial charge in [-0.1, -0.05) is 32.0 Å². The van der Waals surface area contributed by atoms with Crippen molar-refractivity contribution in [1.29, 1.82) is 0 Å². The zero-order chi connectivity index (χ0) is 42.7. The average Bonchev–Trinajstić information content (AvgIpc) is 3.90. The molecule has 3 N–H and O–H groups in total. The highest BCUT2D eigenvalue weighted by atomic mass is 16.5. The van der Waals surface area contributed by atoms with Crippen LogP contribution in [0.5, 0.6) is 11.5 Å². The topological polar surface area (TPSA) is 165 Å². The lowest BCUT2D eigenvalue weighted by Gasteiger charge is -2.25. The molecule has 3 amide bonds. The zero-order valence-corrected chi connectivity index (χ0v) is 35.3. The molecule has 0 unspecified atom stereocenters. The van der Waals surface area contributed by atoms with Crippen molar-refractivity contribution < 1.29 is 28.7 Å². The van der Waals surface area contributed by atoms with E-state index >= 15 is 0 Å². The maximum atomic E-state index is 13.9. The summed E-state index contributed by atoms with van der Waals surface area (Å²) in [6.45, 7) is 6.01. The summed E-state index contributed by atoms with van der Waals surface area (Å²) in [7, 11) is 8.95. The van der Waals surface area contributed by atoms with Crippen LogP contribution in [0, 0.1) is 5.41 Å². The average molecular weight is 816 g/mol. The molecule has 5 aromatic rings. The van der Waals surface area contributed by atoms with E-state index in [1.807, 2.05) is 73.2 Å². The molecule has 15 nitrogen and oxygen atoms in total. The molecule has 2 aliphatic heterocycles. The molecule has 0 spiro atoms. The summed E-state index contributed by atoms with van der Waals surface area (Å²) in [6, 6.07) is 17.0. The fraction of sp³-hybridized carbons (Fsp3) is 0.378. The first-order valence-electron chi connectivity index (χ1n) is 20.2. The first-order chi connectivity index (χ1) is 28.7. The Kier molecular flexibility index (Phi) is 12.1. The van der Waals surface area contributed by atoms with E-state index in [0.29, 0.717) is 48.0 Å². The third-order valence-corrected chi connectivity index (χ3v) is 11.2. The Morgan fingerprint density at radius 2 is 1.70 bits per heavy atom. The van der Waals surface area contributed by atoms with Gasteiger partial charge in [0.15, 0.2) is 23.1 Å². The molecule has 0 radical (unpaired) electrons. The maximum Gasteiger partial charge on any atom is 0.292 e. The molecule has 60 heavy (non-hydrogen) atoms. The predicted molar refractivity (Wildman–Crippen MR) is 231 cm³/mol. The largest absolute Gasteiger partial charge is 0.493 e. The number of benzene rings is 2. The number of fused-ring (bicyclic) bond motifs is 4. The summed E-state index contributed by atoms with van der Waals surface area (Å²) < 4.78 is 15.1. The Bertz CT molecular complexity index is 2420. The Balaban J connectivity index is 0.903. The second-order valence-electron chi connectivity index (χ2n) is 16.4. The van der Waals surface area contributed by atoms with Crippen LogP contribution in [-0.4, -0.2) is 89.6 Å². The van der Waals surface area contributed by atoms with Crippen LogP contribution in [0.4, 0.5) is 23.0 Å². The Morgan fingerprint density at radius 1 is 0.900 bits per heavy atom. The van der Waals surface area contributed by atoms with Gasteiger partial charge in [0.1, 0.15) is 5.82 Å². The van der Waals surface area contributed by atoms with Crippen LogP contribution in [0.15, 0.2) is 73.2 Å². The minimum atomic E-state index is -0.493.